The molecule has 0 saturated carbocycles. The summed E-state index contributed by atoms with van der Waals surface area (Å²) in [6.45, 7) is 5.09. The molecule has 144 valence electrons. The van der Waals surface area contributed by atoms with Crippen LogP contribution in [0.2, 0.25) is 0 Å². The number of aromatic nitrogens is 4. The van der Waals surface area contributed by atoms with E-state index >= 15 is 0 Å². The fraction of sp³-hybridized carbons (Fsp3) is 0.409. The number of hydrogen-bond donors (Lipinski definition) is 0. The predicted molar refractivity (Wildman–Crippen MR) is 110 cm³/mol. The van der Waals surface area contributed by atoms with E-state index in [9.17, 15) is 0 Å². The highest BCUT2D eigenvalue weighted by atomic mass is 15.3. The first kappa shape index (κ1) is 17.4. The molecule has 1 aliphatic heterocycles. The van der Waals surface area contributed by atoms with Crippen LogP contribution >= 0.6 is 0 Å². The van der Waals surface area contributed by atoms with Crippen molar-refractivity contribution in [2.24, 2.45) is 7.05 Å². The van der Waals surface area contributed by atoms with E-state index in [2.05, 4.69) is 45.4 Å². The lowest BCUT2D eigenvalue weighted by molar-refractivity contribution is 0.249. The molecule has 0 N–H and O–H groups in total. The predicted octanol–water partition coefficient (Wildman–Crippen LogP) is 2.69. The molecule has 28 heavy (non-hydrogen) atoms. The van der Waals surface area contributed by atoms with Crippen molar-refractivity contribution >= 4 is 5.82 Å². The first-order valence-corrected chi connectivity index (χ1v) is 10.2. The van der Waals surface area contributed by atoms with Gasteiger partial charge in [-0.15, -0.1) is 0 Å². The lowest BCUT2D eigenvalue weighted by atomic mass is 10.1. The van der Waals surface area contributed by atoms with Gasteiger partial charge in [0.15, 0.2) is 5.82 Å². The van der Waals surface area contributed by atoms with Gasteiger partial charge in [0, 0.05) is 68.4 Å². The quantitative estimate of drug-likeness (QED) is 0.703. The van der Waals surface area contributed by atoms with Gasteiger partial charge >= 0.3 is 0 Å². The molecule has 0 amide bonds. The van der Waals surface area contributed by atoms with Crippen LogP contribution in [0.5, 0.6) is 0 Å². The molecule has 0 radical (unpaired) electrons. The van der Waals surface area contributed by atoms with Gasteiger partial charge in [-0.25, -0.2) is 9.97 Å². The first-order chi connectivity index (χ1) is 13.8. The lowest BCUT2D eigenvalue weighted by Crippen LogP contribution is -2.46. The van der Waals surface area contributed by atoms with Crippen LogP contribution in [-0.2, 0) is 26.4 Å². The summed E-state index contributed by atoms with van der Waals surface area (Å²) < 4.78 is 1.88. The van der Waals surface area contributed by atoms with Crippen molar-refractivity contribution in [1.29, 1.82) is 0 Å². The van der Waals surface area contributed by atoms with Crippen molar-refractivity contribution < 1.29 is 0 Å². The summed E-state index contributed by atoms with van der Waals surface area (Å²) in [5.74, 6) is 2.04. The number of fused-ring (bicyclic) bond motifs is 1. The van der Waals surface area contributed by atoms with Gasteiger partial charge in [0.2, 0.25) is 0 Å². The molecular formula is C22H26N6. The van der Waals surface area contributed by atoms with Gasteiger partial charge < -0.3 is 4.90 Å². The summed E-state index contributed by atoms with van der Waals surface area (Å²) in [7, 11) is 1.97. The zero-order chi connectivity index (χ0) is 18.9. The molecule has 2 aliphatic rings. The van der Waals surface area contributed by atoms with E-state index in [0.29, 0.717) is 0 Å². The molecule has 1 fully saturated rings. The van der Waals surface area contributed by atoms with Crippen molar-refractivity contribution in [3.05, 3.63) is 59.5 Å². The zero-order valence-corrected chi connectivity index (χ0v) is 16.4. The van der Waals surface area contributed by atoms with Crippen LogP contribution < -0.4 is 4.90 Å². The van der Waals surface area contributed by atoms with Gasteiger partial charge in [0.25, 0.3) is 0 Å². The zero-order valence-electron chi connectivity index (χ0n) is 16.4. The highest BCUT2D eigenvalue weighted by Gasteiger charge is 2.26. The van der Waals surface area contributed by atoms with E-state index in [1.807, 2.05) is 24.0 Å². The number of aryl methyl sites for hydroxylation is 2. The van der Waals surface area contributed by atoms with E-state index in [1.165, 1.54) is 29.1 Å². The van der Waals surface area contributed by atoms with Crippen molar-refractivity contribution in [2.45, 2.75) is 25.8 Å². The summed E-state index contributed by atoms with van der Waals surface area (Å²) in [5, 5.41) is 4.29. The molecule has 3 heterocycles. The highest BCUT2D eigenvalue weighted by molar-refractivity contribution is 5.61. The van der Waals surface area contributed by atoms with Gasteiger partial charge in [0.05, 0.1) is 6.20 Å². The number of hydrogen-bond acceptors (Lipinski definition) is 5. The summed E-state index contributed by atoms with van der Waals surface area (Å²) >= 11 is 0. The fourth-order valence-corrected chi connectivity index (χ4v) is 4.32. The van der Waals surface area contributed by atoms with Gasteiger partial charge in [0.1, 0.15) is 5.82 Å². The maximum atomic E-state index is 5.03. The maximum Gasteiger partial charge on any atom is 0.161 e. The minimum atomic E-state index is 0.869. The van der Waals surface area contributed by atoms with Crippen molar-refractivity contribution in [3.63, 3.8) is 0 Å². The largest absolute Gasteiger partial charge is 0.354 e. The van der Waals surface area contributed by atoms with E-state index < -0.39 is 0 Å². The molecule has 0 bridgehead atoms. The number of anilines is 1. The smallest absolute Gasteiger partial charge is 0.161 e. The molecule has 5 rings (SSSR count). The minimum Gasteiger partial charge on any atom is -0.354 e. The monoisotopic (exact) mass is 374 g/mol. The van der Waals surface area contributed by atoms with Crippen LogP contribution in [0.3, 0.4) is 0 Å². The Bertz CT molecular complexity index is 956. The minimum absolute atomic E-state index is 0.869. The standard InChI is InChI=1S/C22H26N6/c1-26-15-17(14-23-26)16-27-10-12-28(13-11-27)22-19-8-5-9-20(19)24-21(25-22)18-6-3-2-4-7-18/h2-4,6-7,14-15H,5,8-13,16H2,1H3. The average molecular weight is 374 g/mol. The van der Waals surface area contributed by atoms with Crippen LogP contribution in [0.25, 0.3) is 11.4 Å². The molecule has 1 aliphatic carbocycles. The Morgan fingerprint density at radius 2 is 1.79 bits per heavy atom. The van der Waals surface area contributed by atoms with Crippen LogP contribution in [-0.4, -0.2) is 50.8 Å². The number of piperazine rings is 1. The summed E-state index contributed by atoms with van der Waals surface area (Å²) in [6, 6.07) is 10.4. The average Bonchev–Trinajstić information content (AvgIpc) is 3.37. The Kier molecular flexibility index (Phi) is 4.56. The van der Waals surface area contributed by atoms with Crippen molar-refractivity contribution in [3.8, 4) is 11.4 Å². The third-order valence-electron chi connectivity index (χ3n) is 5.78. The normalized spacial score (nSPS) is 17.1. The van der Waals surface area contributed by atoms with E-state index in [4.69, 9.17) is 9.97 Å². The molecule has 2 aromatic heterocycles. The molecule has 0 unspecified atom stereocenters. The SMILES string of the molecule is Cn1cc(CN2CCN(c3nc(-c4ccccc4)nc4c3CCC4)CC2)cn1. The molecular weight excluding hydrogens is 348 g/mol. The number of rotatable bonds is 4. The van der Waals surface area contributed by atoms with E-state index in [1.54, 1.807) is 0 Å². The van der Waals surface area contributed by atoms with Gasteiger partial charge in [-0.2, -0.15) is 5.10 Å². The van der Waals surface area contributed by atoms with Gasteiger partial charge in [-0.1, -0.05) is 30.3 Å². The molecule has 1 saturated heterocycles. The molecule has 3 aromatic rings. The second kappa shape index (κ2) is 7.36. The third kappa shape index (κ3) is 3.40. The number of nitrogens with zero attached hydrogens (tertiary/aromatic N) is 6. The Labute approximate surface area is 165 Å². The van der Waals surface area contributed by atoms with E-state index in [0.717, 1.165) is 57.0 Å². The molecule has 6 heteroatoms. The van der Waals surface area contributed by atoms with Crippen LogP contribution in [0, 0.1) is 0 Å². The second-order valence-electron chi connectivity index (χ2n) is 7.80. The molecule has 6 nitrogen and oxygen atoms in total. The molecule has 0 spiro atoms. The number of benzene rings is 1. The van der Waals surface area contributed by atoms with Crippen LogP contribution in [0.4, 0.5) is 5.82 Å². The summed E-state index contributed by atoms with van der Waals surface area (Å²) in [6.07, 6.45) is 7.45. The van der Waals surface area contributed by atoms with E-state index in [-0.39, 0.29) is 0 Å². The van der Waals surface area contributed by atoms with Gasteiger partial charge in [-0.3, -0.25) is 9.58 Å². The van der Waals surface area contributed by atoms with Crippen molar-refractivity contribution in [2.75, 3.05) is 31.1 Å². The van der Waals surface area contributed by atoms with Crippen LogP contribution in [0.15, 0.2) is 42.7 Å². The Morgan fingerprint density at radius 3 is 2.54 bits per heavy atom. The fourth-order valence-electron chi connectivity index (χ4n) is 4.32. The maximum absolute atomic E-state index is 5.03. The second-order valence-corrected chi connectivity index (χ2v) is 7.80. The third-order valence-corrected chi connectivity index (χ3v) is 5.78. The Hall–Kier alpha value is -2.73. The lowest BCUT2D eigenvalue weighted by Gasteiger charge is -2.36. The van der Waals surface area contributed by atoms with Crippen molar-refractivity contribution in [1.82, 2.24) is 24.6 Å². The highest BCUT2D eigenvalue weighted by Crippen LogP contribution is 2.32. The Balaban J connectivity index is 1.36. The summed E-state index contributed by atoms with van der Waals surface area (Å²) in [4.78, 5) is 14.9. The molecule has 1 aromatic carbocycles. The Morgan fingerprint density at radius 1 is 0.964 bits per heavy atom. The van der Waals surface area contributed by atoms with Gasteiger partial charge in [-0.05, 0) is 19.3 Å². The first-order valence-electron chi connectivity index (χ1n) is 10.2. The topological polar surface area (TPSA) is 50.1 Å². The summed E-state index contributed by atoms with van der Waals surface area (Å²) in [5.41, 5.74) is 5.01. The van der Waals surface area contributed by atoms with Crippen LogP contribution in [0.1, 0.15) is 23.2 Å². The molecule has 0 atom stereocenters.